The number of aliphatic hydroxyl groups excluding tert-OH is 1. The van der Waals surface area contributed by atoms with E-state index in [0.29, 0.717) is 16.4 Å². The first-order chi connectivity index (χ1) is 19.7. The Labute approximate surface area is 240 Å². The van der Waals surface area contributed by atoms with Crippen molar-refractivity contribution in [2.75, 3.05) is 4.31 Å². The summed E-state index contributed by atoms with van der Waals surface area (Å²) in [7, 11) is -4.72. The summed E-state index contributed by atoms with van der Waals surface area (Å²) in [6.45, 7) is 0. The van der Waals surface area contributed by atoms with Crippen molar-refractivity contribution >= 4 is 21.5 Å². The number of hydrogen-bond donors (Lipinski definition) is 2. The number of halogens is 9. The molecule has 16 heteroatoms. The van der Waals surface area contributed by atoms with Crippen molar-refractivity contribution < 1.29 is 62.9 Å². The Kier molecular flexibility index (Phi) is 8.65. The van der Waals surface area contributed by atoms with Crippen molar-refractivity contribution in [3.05, 3.63) is 59.4 Å². The van der Waals surface area contributed by atoms with Gasteiger partial charge in [0.1, 0.15) is 17.7 Å². The first kappa shape index (κ1) is 33.1. The number of Topliss-reactive ketones (excluding diaryl/α,β-unsaturated/α-hetero) is 1. The van der Waals surface area contributed by atoms with Gasteiger partial charge >= 0.3 is 12.4 Å². The molecule has 2 aromatic rings. The third-order valence-electron chi connectivity index (χ3n) is 7.92. The number of sulfonamides is 1. The van der Waals surface area contributed by atoms with Crippen LogP contribution in [0.3, 0.4) is 0 Å². The summed E-state index contributed by atoms with van der Waals surface area (Å²) < 4.78 is 151. The summed E-state index contributed by atoms with van der Waals surface area (Å²) in [4.78, 5) is 12.5. The molecule has 1 saturated carbocycles. The normalized spacial score (nSPS) is 23.1. The standard InChI is InChI=1S/C27H26F9NO5S/c28-18-5-8-21(9-6-18)43(41,42)37-19(14-20(38)13-16-2-1-11-24(29,30)23(16)39)7-3-15-12-17(4-10-22(15)37)25(40,26(31,32)33)27(34,35)36/h4-6,8-10,12,16,19,23,39-40H,1-3,7,11,13-14H2/t16-,19-,23-/m0/s1. The van der Waals surface area contributed by atoms with Crippen LogP contribution < -0.4 is 4.31 Å². The van der Waals surface area contributed by atoms with Gasteiger partial charge in [0.25, 0.3) is 21.5 Å². The van der Waals surface area contributed by atoms with E-state index < -0.39 is 93.3 Å². The smallest absolute Gasteiger partial charge is 0.387 e. The second kappa shape index (κ2) is 11.3. The highest BCUT2D eigenvalue weighted by molar-refractivity contribution is 7.92. The van der Waals surface area contributed by atoms with Gasteiger partial charge in [0, 0.05) is 24.8 Å². The van der Waals surface area contributed by atoms with Crippen molar-refractivity contribution in [2.24, 2.45) is 5.92 Å². The fourth-order valence-corrected chi connectivity index (χ4v) is 7.40. The number of nitrogens with zero attached hydrogens (tertiary/aromatic N) is 1. The lowest BCUT2D eigenvalue weighted by Crippen LogP contribution is -2.54. The molecule has 0 aromatic heterocycles. The monoisotopic (exact) mass is 647 g/mol. The van der Waals surface area contributed by atoms with Crippen LogP contribution in [0.2, 0.25) is 0 Å². The molecule has 0 amide bonds. The number of carbonyl (C=O) groups is 1. The third-order valence-corrected chi connectivity index (χ3v) is 9.80. The molecule has 0 bridgehead atoms. The highest BCUT2D eigenvalue weighted by Gasteiger charge is 2.71. The molecule has 43 heavy (non-hydrogen) atoms. The zero-order valence-electron chi connectivity index (χ0n) is 22.1. The lowest BCUT2D eigenvalue weighted by Gasteiger charge is -2.39. The predicted molar refractivity (Wildman–Crippen MR) is 133 cm³/mol. The fraction of sp³-hybridized carbons (Fsp3) is 0.519. The SMILES string of the molecule is O=C(C[C@@H]1CCCC(F)(F)[C@H]1O)C[C@@H]1CCc2cc(C(O)(C(F)(F)F)C(F)(F)F)ccc2N1S(=O)(=O)c1ccc(F)cc1. The van der Waals surface area contributed by atoms with E-state index in [-0.39, 0.29) is 43.0 Å². The van der Waals surface area contributed by atoms with E-state index in [9.17, 15) is 62.9 Å². The van der Waals surface area contributed by atoms with Gasteiger partial charge in [-0.2, -0.15) is 26.3 Å². The van der Waals surface area contributed by atoms with Gasteiger partial charge in [-0.3, -0.25) is 9.10 Å². The van der Waals surface area contributed by atoms with Gasteiger partial charge < -0.3 is 10.2 Å². The lowest BCUT2D eigenvalue weighted by atomic mass is 9.80. The summed E-state index contributed by atoms with van der Waals surface area (Å²) in [5.41, 5.74) is -7.58. The van der Waals surface area contributed by atoms with E-state index in [4.69, 9.17) is 0 Å². The number of benzene rings is 2. The molecule has 4 rings (SSSR count). The van der Waals surface area contributed by atoms with Gasteiger partial charge in [0.05, 0.1) is 16.6 Å². The Balaban J connectivity index is 1.74. The number of ketones is 1. The molecule has 1 aliphatic carbocycles. The first-order valence-corrected chi connectivity index (χ1v) is 14.5. The molecule has 1 aliphatic heterocycles. The summed E-state index contributed by atoms with van der Waals surface area (Å²) in [5, 5.41) is 19.9. The predicted octanol–water partition coefficient (Wildman–Crippen LogP) is 5.79. The van der Waals surface area contributed by atoms with Crippen LogP contribution in [0.5, 0.6) is 0 Å². The van der Waals surface area contributed by atoms with Crippen molar-refractivity contribution in [3.8, 4) is 0 Å². The molecule has 0 spiro atoms. The molecule has 2 N–H and O–H groups in total. The van der Waals surface area contributed by atoms with Crippen molar-refractivity contribution in [1.82, 2.24) is 0 Å². The number of fused-ring (bicyclic) bond motifs is 1. The molecular weight excluding hydrogens is 621 g/mol. The average molecular weight is 648 g/mol. The summed E-state index contributed by atoms with van der Waals surface area (Å²) in [6.07, 6.45) is -16.6. The maximum absolute atomic E-state index is 14.0. The van der Waals surface area contributed by atoms with Crippen LogP contribution in [0.4, 0.5) is 45.2 Å². The molecule has 0 saturated heterocycles. The van der Waals surface area contributed by atoms with Gasteiger partial charge in [0.2, 0.25) is 0 Å². The molecule has 238 valence electrons. The van der Waals surface area contributed by atoms with Crippen LogP contribution in [0.1, 0.15) is 49.7 Å². The van der Waals surface area contributed by atoms with Crippen molar-refractivity contribution in [2.45, 2.75) is 85.9 Å². The van der Waals surface area contributed by atoms with Crippen LogP contribution in [-0.2, 0) is 26.8 Å². The number of hydrogen-bond acceptors (Lipinski definition) is 5. The topological polar surface area (TPSA) is 94.9 Å². The summed E-state index contributed by atoms with van der Waals surface area (Å²) >= 11 is 0. The molecule has 0 unspecified atom stereocenters. The minimum absolute atomic E-state index is 0.0361. The highest BCUT2D eigenvalue weighted by atomic mass is 32.2. The fourth-order valence-electron chi connectivity index (χ4n) is 5.68. The maximum Gasteiger partial charge on any atom is 0.430 e. The van der Waals surface area contributed by atoms with E-state index in [0.717, 1.165) is 24.3 Å². The Morgan fingerprint density at radius 3 is 2.14 bits per heavy atom. The third kappa shape index (κ3) is 6.10. The maximum atomic E-state index is 14.0. The number of anilines is 1. The van der Waals surface area contributed by atoms with E-state index in [1.165, 1.54) is 0 Å². The average Bonchev–Trinajstić information content (AvgIpc) is 2.89. The Morgan fingerprint density at radius 1 is 0.953 bits per heavy atom. The molecule has 1 heterocycles. The van der Waals surface area contributed by atoms with Gasteiger partial charge in [-0.15, -0.1) is 0 Å². The molecule has 3 atom stereocenters. The first-order valence-electron chi connectivity index (χ1n) is 13.1. The van der Waals surface area contributed by atoms with E-state index in [1.54, 1.807) is 0 Å². The number of alkyl halides is 8. The van der Waals surface area contributed by atoms with Gasteiger partial charge in [-0.25, -0.2) is 21.6 Å². The van der Waals surface area contributed by atoms with Gasteiger partial charge in [-0.05, 0) is 67.5 Å². The van der Waals surface area contributed by atoms with E-state index in [2.05, 4.69) is 0 Å². The molecule has 1 fully saturated rings. The van der Waals surface area contributed by atoms with Crippen molar-refractivity contribution in [1.29, 1.82) is 0 Å². The van der Waals surface area contributed by atoms with Crippen LogP contribution in [0.25, 0.3) is 0 Å². The van der Waals surface area contributed by atoms with Crippen LogP contribution in [-0.4, -0.2) is 54.8 Å². The molecule has 6 nitrogen and oxygen atoms in total. The van der Waals surface area contributed by atoms with Gasteiger partial charge in [0.15, 0.2) is 0 Å². The quantitative estimate of drug-likeness (QED) is 0.371. The number of carbonyl (C=O) groups excluding carboxylic acids is 1. The van der Waals surface area contributed by atoms with Crippen LogP contribution in [0.15, 0.2) is 47.4 Å². The zero-order valence-corrected chi connectivity index (χ0v) is 22.9. The van der Waals surface area contributed by atoms with Crippen LogP contribution >= 0.6 is 0 Å². The number of aliphatic hydroxyl groups is 2. The second-order valence-electron chi connectivity index (χ2n) is 10.8. The Bertz CT molecular complexity index is 1440. The number of aryl methyl sites for hydroxylation is 1. The highest BCUT2D eigenvalue weighted by Crippen LogP contribution is 2.51. The Hall–Kier alpha value is -2.85. The van der Waals surface area contributed by atoms with Crippen LogP contribution in [0, 0.1) is 11.7 Å². The molecular formula is C27H26F9NO5S. The minimum atomic E-state index is -6.19. The molecule has 2 aliphatic rings. The zero-order chi connectivity index (χ0) is 32.2. The van der Waals surface area contributed by atoms with Crippen molar-refractivity contribution in [3.63, 3.8) is 0 Å². The van der Waals surface area contributed by atoms with E-state index >= 15 is 0 Å². The summed E-state index contributed by atoms with van der Waals surface area (Å²) in [6, 6.07) is 3.41. The summed E-state index contributed by atoms with van der Waals surface area (Å²) in [5.74, 6) is -6.04. The lowest BCUT2D eigenvalue weighted by molar-refractivity contribution is -0.376. The van der Waals surface area contributed by atoms with Gasteiger partial charge in [-0.1, -0.05) is 12.1 Å². The molecule has 2 aromatic carbocycles. The minimum Gasteiger partial charge on any atom is -0.387 e. The molecule has 0 radical (unpaired) electrons. The Morgan fingerprint density at radius 2 is 1.56 bits per heavy atom. The van der Waals surface area contributed by atoms with E-state index in [1.807, 2.05) is 0 Å². The second-order valence-corrected chi connectivity index (χ2v) is 12.6. The largest absolute Gasteiger partial charge is 0.430 e. The number of rotatable bonds is 7.